The maximum absolute atomic E-state index is 13.1. The number of ether oxygens (including phenoxy) is 1. The van der Waals surface area contributed by atoms with E-state index < -0.39 is 5.97 Å². The summed E-state index contributed by atoms with van der Waals surface area (Å²) in [5, 5.41) is 8.82. The zero-order valence-corrected chi connectivity index (χ0v) is 13.9. The Hall–Kier alpha value is -2.40. The van der Waals surface area contributed by atoms with Crippen LogP contribution < -0.4 is 4.74 Å². The van der Waals surface area contributed by atoms with E-state index in [1.165, 1.54) is 12.1 Å². The van der Waals surface area contributed by atoms with Crippen LogP contribution in [0.2, 0.25) is 0 Å². The first-order valence-electron chi connectivity index (χ1n) is 7.82. The molecule has 2 aromatic carbocycles. The number of nitrogens with zero attached hydrogens (tertiary/aromatic N) is 1. The summed E-state index contributed by atoms with van der Waals surface area (Å²) in [7, 11) is 1.80. The van der Waals surface area contributed by atoms with Gasteiger partial charge in [0.05, 0.1) is 6.54 Å². The van der Waals surface area contributed by atoms with Crippen LogP contribution in [-0.4, -0.2) is 35.6 Å². The Bertz CT molecular complexity index is 673. The Morgan fingerprint density at radius 1 is 1.21 bits per heavy atom. The molecule has 1 N–H and O–H groups in total. The fourth-order valence-corrected chi connectivity index (χ4v) is 2.38. The number of hydrogen-bond donors (Lipinski definition) is 1. The first-order valence-corrected chi connectivity index (χ1v) is 7.82. The maximum Gasteiger partial charge on any atom is 0.317 e. The van der Waals surface area contributed by atoms with Crippen molar-refractivity contribution < 1.29 is 19.0 Å². The number of carboxylic acid groups (broad SMARTS) is 1. The van der Waals surface area contributed by atoms with Gasteiger partial charge in [0.15, 0.2) is 0 Å². The van der Waals surface area contributed by atoms with Crippen molar-refractivity contribution in [3.05, 3.63) is 65.5 Å². The Balaban J connectivity index is 1.87. The lowest BCUT2D eigenvalue weighted by molar-refractivity contribution is -0.138. The molecular formula is C19H22FNO3. The third-order valence-corrected chi connectivity index (χ3v) is 3.89. The summed E-state index contributed by atoms with van der Waals surface area (Å²) in [5.74, 6) is -0.383. The quantitative estimate of drug-likeness (QED) is 0.806. The van der Waals surface area contributed by atoms with Crippen molar-refractivity contribution in [3.8, 4) is 5.75 Å². The molecule has 24 heavy (non-hydrogen) atoms. The van der Waals surface area contributed by atoms with Crippen molar-refractivity contribution in [1.29, 1.82) is 0 Å². The fourth-order valence-electron chi connectivity index (χ4n) is 2.38. The molecule has 0 aliphatic heterocycles. The highest BCUT2D eigenvalue weighted by molar-refractivity contribution is 5.69. The van der Waals surface area contributed by atoms with Crippen molar-refractivity contribution in [2.45, 2.75) is 26.0 Å². The molecule has 0 aliphatic carbocycles. The number of rotatable bonds is 8. The molecule has 0 spiro atoms. The highest BCUT2D eigenvalue weighted by Gasteiger charge is 2.12. The smallest absolute Gasteiger partial charge is 0.317 e. The Morgan fingerprint density at radius 3 is 2.54 bits per heavy atom. The van der Waals surface area contributed by atoms with Gasteiger partial charge in [0.2, 0.25) is 0 Å². The lowest BCUT2D eigenvalue weighted by atomic mass is 10.1. The molecule has 5 heteroatoms. The topological polar surface area (TPSA) is 49.8 Å². The number of likely N-dealkylation sites (N-methyl/N-ethyl adjacent to an activating group) is 1. The van der Waals surface area contributed by atoms with Gasteiger partial charge in [-0.05, 0) is 55.8 Å². The van der Waals surface area contributed by atoms with Crippen molar-refractivity contribution in [1.82, 2.24) is 4.90 Å². The van der Waals surface area contributed by atoms with Gasteiger partial charge in [0, 0.05) is 6.04 Å². The molecule has 0 fully saturated rings. The lowest BCUT2D eigenvalue weighted by Gasteiger charge is -2.22. The van der Waals surface area contributed by atoms with Gasteiger partial charge in [-0.2, -0.15) is 0 Å². The molecule has 0 saturated carbocycles. The number of aliphatic carboxylic acids is 1. The minimum Gasteiger partial charge on any atom is -0.489 e. The first-order chi connectivity index (χ1) is 11.4. The number of halogens is 1. The number of hydrogen-bond acceptors (Lipinski definition) is 3. The van der Waals surface area contributed by atoms with Gasteiger partial charge >= 0.3 is 5.97 Å². The van der Waals surface area contributed by atoms with E-state index in [1.807, 2.05) is 37.3 Å². The summed E-state index contributed by atoms with van der Waals surface area (Å²) in [6, 6.07) is 14.1. The number of benzene rings is 2. The Morgan fingerprint density at radius 2 is 1.92 bits per heavy atom. The van der Waals surface area contributed by atoms with Gasteiger partial charge in [0.1, 0.15) is 18.2 Å². The largest absolute Gasteiger partial charge is 0.489 e. The molecule has 0 radical (unpaired) electrons. The standard InChI is InChI=1S/C19H22FNO3/c1-14(21(2)12-19(22)23)10-15-6-8-18(9-7-15)24-13-16-4-3-5-17(20)11-16/h3-9,11,14H,10,12-13H2,1-2H3,(H,22,23). The van der Waals surface area contributed by atoms with Crippen LogP contribution in [0.5, 0.6) is 5.75 Å². The predicted octanol–water partition coefficient (Wildman–Crippen LogP) is 3.35. The second-order valence-corrected chi connectivity index (χ2v) is 5.92. The molecule has 1 atom stereocenters. The number of carbonyl (C=O) groups is 1. The van der Waals surface area contributed by atoms with Crippen molar-refractivity contribution in [2.75, 3.05) is 13.6 Å². The van der Waals surface area contributed by atoms with Gasteiger partial charge in [-0.3, -0.25) is 9.69 Å². The third kappa shape index (κ3) is 5.66. The van der Waals surface area contributed by atoms with Gasteiger partial charge in [0.25, 0.3) is 0 Å². The van der Waals surface area contributed by atoms with Gasteiger partial charge < -0.3 is 9.84 Å². The molecule has 4 nitrogen and oxygen atoms in total. The molecule has 0 aromatic heterocycles. The van der Waals surface area contributed by atoms with Crippen LogP contribution in [-0.2, 0) is 17.8 Å². The Labute approximate surface area is 141 Å². The SMILES string of the molecule is CC(Cc1ccc(OCc2cccc(F)c2)cc1)N(C)CC(=O)O. The van der Waals surface area contributed by atoms with E-state index in [0.717, 1.165) is 23.3 Å². The molecule has 1 unspecified atom stereocenters. The summed E-state index contributed by atoms with van der Waals surface area (Å²) in [4.78, 5) is 12.5. The van der Waals surface area contributed by atoms with Crippen LogP contribution in [0.4, 0.5) is 4.39 Å². The lowest BCUT2D eigenvalue weighted by Crippen LogP contribution is -2.35. The van der Waals surface area contributed by atoms with Crippen molar-refractivity contribution in [3.63, 3.8) is 0 Å². The van der Waals surface area contributed by atoms with Crippen LogP contribution in [0.1, 0.15) is 18.1 Å². The van der Waals surface area contributed by atoms with Gasteiger partial charge in [-0.1, -0.05) is 24.3 Å². The van der Waals surface area contributed by atoms with E-state index in [0.29, 0.717) is 6.61 Å². The molecule has 2 aromatic rings. The van der Waals surface area contributed by atoms with E-state index in [9.17, 15) is 9.18 Å². The van der Waals surface area contributed by atoms with E-state index in [4.69, 9.17) is 9.84 Å². The molecule has 0 aliphatic rings. The molecule has 128 valence electrons. The molecule has 2 rings (SSSR count). The summed E-state index contributed by atoms with van der Waals surface area (Å²) in [6.07, 6.45) is 0.758. The van der Waals surface area contributed by atoms with Crippen LogP contribution in [0, 0.1) is 5.82 Å². The molecule has 0 heterocycles. The van der Waals surface area contributed by atoms with E-state index >= 15 is 0 Å². The molecule has 0 saturated heterocycles. The highest BCUT2D eigenvalue weighted by atomic mass is 19.1. The zero-order chi connectivity index (χ0) is 17.5. The second kappa shape index (κ2) is 8.45. The van der Waals surface area contributed by atoms with Gasteiger partial charge in [-0.15, -0.1) is 0 Å². The zero-order valence-electron chi connectivity index (χ0n) is 13.9. The van der Waals surface area contributed by atoms with E-state index in [-0.39, 0.29) is 18.4 Å². The number of carboxylic acids is 1. The van der Waals surface area contributed by atoms with Crippen LogP contribution >= 0.6 is 0 Å². The normalized spacial score (nSPS) is 12.2. The Kier molecular flexibility index (Phi) is 6.32. The minimum atomic E-state index is -0.828. The van der Waals surface area contributed by atoms with Crippen LogP contribution in [0.3, 0.4) is 0 Å². The summed E-state index contributed by atoms with van der Waals surface area (Å²) in [5.41, 5.74) is 1.89. The monoisotopic (exact) mass is 331 g/mol. The average molecular weight is 331 g/mol. The van der Waals surface area contributed by atoms with Crippen molar-refractivity contribution >= 4 is 5.97 Å². The fraction of sp³-hybridized carbons (Fsp3) is 0.316. The van der Waals surface area contributed by atoms with Crippen LogP contribution in [0.25, 0.3) is 0 Å². The summed E-state index contributed by atoms with van der Waals surface area (Å²) in [6.45, 7) is 2.34. The highest BCUT2D eigenvalue weighted by Crippen LogP contribution is 2.16. The predicted molar refractivity (Wildman–Crippen MR) is 90.6 cm³/mol. The summed E-state index contributed by atoms with van der Waals surface area (Å²) < 4.78 is 18.8. The second-order valence-electron chi connectivity index (χ2n) is 5.92. The average Bonchev–Trinajstić information content (AvgIpc) is 2.53. The first kappa shape index (κ1) is 17.9. The van der Waals surface area contributed by atoms with E-state index in [2.05, 4.69) is 0 Å². The van der Waals surface area contributed by atoms with Crippen LogP contribution in [0.15, 0.2) is 48.5 Å². The third-order valence-electron chi connectivity index (χ3n) is 3.89. The van der Waals surface area contributed by atoms with Crippen molar-refractivity contribution in [2.24, 2.45) is 0 Å². The summed E-state index contributed by atoms with van der Waals surface area (Å²) >= 11 is 0. The minimum absolute atomic E-state index is 0.0238. The molecular weight excluding hydrogens is 309 g/mol. The van der Waals surface area contributed by atoms with Gasteiger partial charge in [-0.25, -0.2) is 4.39 Å². The molecule has 0 amide bonds. The van der Waals surface area contributed by atoms with E-state index in [1.54, 1.807) is 18.0 Å². The maximum atomic E-state index is 13.1. The molecule has 0 bridgehead atoms.